The van der Waals surface area contributed by atoms with Gasteiger partial charge in [-0.3, -0.25) is 14.5 Å². The number of carbonyl (C=O) groups is 2. The fraction of sp³-hybridized carbons (Fsp3) is 0.318. The van der Waals surface area contributed by atoms with Gasteiger partial charge in [0.2, 0.25) is 11.8 Å². The van der Waals surface area contributed by atoms with Crippen molar-refractivity contribution in [2.45, 2.75) is 18.8 Å². The van der Waals surface area contributed by atoms with Gasteiger partial charge in [-0.25, -0.2) is 13.8 Å². The monoisotopic (exact) mass is 444 g/mol. The van der Waals surface area contributed by atoms with Crippen molar-refractivity contribution in [1.82, 2.24) is 15.2 Å². The highest BCUT2D eigenvalue weighted by atomic mass is 32.1. The minimum atomic E-state index is -1.05. The number of carbonyl (C=O) groups excluding carboxylic acids is 2. The Bertz CT molecular complexity index is 1060. The van der Waals surface area contributed by atoms with Crippen LogP contribution in [-0.4, -0.2) is 47.9 Å². The van der Waals surface area contributed by atoms with Crippen LogP contribution >= 0.6 is 11.3 Å². The zero-order valence-electron chi connectivity index (χ0n) is 16.7. The van der Waals surface area contributed by atoms with Crippen LogP contribution in [0.15, 0.2) is 42.5 Å². The summed E-state index contributed by atoms with van der Waals surface area (Å²) in [7, 11) is 0. The maximum absolute atomic E-state index is 13.2. The third-order valence-corrected chi connectivity index (χ3v) is 6.46. The smallest absolute Gasteiger partial charge is 0.243 e. The van der Waals surface area contributed by atoms with Gasteiger partial charge in [0.05, 0.1) is 28.3 Å². The number of halogens is 2. The molecule has 0 radical (unpaired) electrons. The van der Waals surface area contributed by atoms with Crippen molar-refractivity contribution in [3.8, 4) is 0 Å². The van der Waals surface area contributed by atoms with Crippen LogP contribution in [0.1, 0.15) is 23.8 Å². The number of benzene rings is 2. The third kappa shape index (κ3) is 5.42. The minimum Gasteiger partial charge on any atom is -0.346 e. The molecule has 1 fully saturated rings. The molecule has 0 bridgehead atoms. The molecule has 2 N–H and O–H groups in total. The van der Waals surface area contributed by atoms with E-state index in [9.17, 15) is 18.4 Å². The van der Waals surface area contributed by atoms with E-state index in [4.69, 9.17) is 4.98 Å². The molecule has 31 heavy (non-hydrogen) atoms. The van der Waals surface area contributed by atoms with Crippen LogP contribution in [0.5, 0.6) is 0 Å². The van der Waals surface area contributed by atoms with Crippen molar-refractivity contribution in [3.63, 3.8) is 0 Å². The molecule has 0 spiro atoms. The van der Waals surface area contributed by atoms with E-state index in [1.54, 1.807) is 11.3 Å². The zero-order valence-corrected chi connectivity index (χ0v) is 17.6. The summed E-state index contributed by atoms with van der Waals surface area (Å²) in [6.45, 7) is 1.55. The number of rotatable bonds is 6. The van der Waals surface area contributed by atoms with Gasteiger partial charge in [-0.05, 0) is 50.2 Å². The van der Waals surface area contributed by atoms with Gasteiger partial charge in [0.1, 0.15) is 0 Å². The summed E-state index contributed by atoms with van der Waals surface area (Å²) in [5, 5.41) is 6.14. The lowest BCUT2D eigenvalue weighted by Crippen LogP contribution is -2.43. The second-order valence-electron chi connectivity index (χ2n) is 7.52. The summed E-state index contributed by atoms with van der Waals surface area (Å²) in [6.07, 6.45) is 1.87. The molecular weight excluding hydrogens is 422 g/mol. The SMILES string of the molecule is O=C(CN1CCC(c2nc3ccccc3s2)CC1)NCC(=O)Nc1ccc(F)c(F)c1. The normalized spacial score (nSPS) is 15.2. The number of nitrogens with zero attached hydrogens (tertiary/aromatic N) is 2. The van der Waals surface area contributed by atoms with Gasteiger partial charge in [-0.15, -0.1) is 11.3 Å². The highest BCUT2D eigenvalue weighted by molar-refractivity contribution is 7.18. The standard InChI is InChI=1S/C22H22F2N4O2S/c23-16-6-5-15(11-17(16)24)26-20(29)12-25-21(30)13-28-9-7-14(8-10-28)22-27-18-3-1-2-4-19(18)31-22/h1-6,11,14H,7-10,12-13H2,(H,25,30)(H,26,29). The van der Waals surface area contributed by atoms with Gasteiger partial charge >= 0.3 is 0 Å². The number of aromatic nitrogens is 1. The molecule has 1 aliphatic heterocycles. The van der Waals surface area contributed by atoms with E-state index in [0.29, 0.717) is 5.92 Å². The maximum Gasteiger partial charge on any atom is 0.243 e. The summed E-state index contributed by atoms with van der Waals surface area (Å²) in [5.41, 5.74) is 1.17. The van der Waals surface area contributed by atoms with Crippen LogP contribution < -0.4 is 10.6 Å². The Balaban J connectivity index is 1.20. The third-order valence-electron chi connectivity index (χ3n) is 5.26. The van der Waals surface area contributed by atoms with Crippen molar-refractivity contribution in [1.29, 1.82) is 0 Å². The summed E-state index contributed by atoms with van der Waals surface area (Å²) >= 11 is 1.73. The summed E-state index contributed by atoms with van der Waals surface area (Å²) in [6, 6.07) is 11.2. The molecule has 1 aromatic heterocycles. The van der Waals surface area contributed by atoms with Crippen LogP contribution in [0.4, 0.5) is 14.5 Å². The molecule has 0 saturated carbocycles. The first-order valence-electron chi connectivity index (χ1n) is 10.1. The van der Waals surface area contributed by atoms with Crippen molar-refractivity contribution >= 4 is 39.1 Å². The second kappa shape index (κ2) is 9.49. The molecule has 9 heteroatoms. The van der Waals surface area contributed by atoms with E-state index in [1.807, 2.05) is 18.2 Å². The number of piperidine rings is 1. The number of likely N-dealkylation sites (tertiary alicyclic amines) is 1. The number of fused-ring (bicyclic) bond motifs is 1. The number of para-hydroxylation sites is 1. The lowest BCUT2D eigenvalue weighted by atomic mass is 9.97. The second-order valence-corrected chi connectivity index (χ2v) is 8.59. The molecule has 4 rings (SSSR count). The first-order chi connectivity index (χ1) is 15.0. The van der Waals surface area contributed by atoms with E-state index < -0.39 is 17.5 Å². The van der Waals surface area contributed by atoms with Crippen molar-refractivity contribution in [3.05, 3.63) is 59.1 Å². The first-order valence-corrected chi connectivity index (χ1v) is 10.9. The molecule has 6 nitrogen and oxygen atoms in total. The zero-order chi connectivity index (χ0) is 21.8. The van der Waals surface area contributed by atoms with Gasteiger partial charge in [-0.2, -0.15) is 0 Å². The van der Waals surface area contributed by atoms with Gasteiger partial charge in [-0.1, -0.05) is 12.1 Å². The van der Waals surface area contributed by atoms with E-state index in [0.717, 1.165) is 48.6 Å². The number of thiazole rings is 1. The number of amides is 2. The minimum absolute atomic E-state index is 0.134. The molecule has 1 saturated heterocycles. The van der Waals surface area contributed by atoms with E-state index in [2.05, 4.69) is 21.6 Å². The van der Waals surface area contributed by atoms with E-state index in [-0.39, 0.29) is 24.7 Å². The van der Waals surface area contributed by atoms with Crippen LogP contribution in [0.25, 0.3) is 10.2 Å². The highest BCUT2D eigenvalue weighted by Crippen LogP contribution is 2.33. The Labute approximate surface area is 182 Å². The van der Waals surface area contributed by atoms with Gasteiger partial charge in [0.25, 0.3) is 0 Å². The highest BCUT2D eigenvalue weighted by Gasteiger charge is 2.24. The van der Waals surface area contributed by atoms with Gasteiger partial charge in [0, 0.05) is 17.7 Å². The van der Waals surface area contributed by atoms with Crippen molar-refractivity contribution in [2.24, 2.45) is 0 Å². The fourth-order valence-corrected chi connectivity index (χ4v) is 4.76. The predicted molar refractivity (Wildman–Crippen MR) is 116 cm³/mol. The molecule has 0 aliphatic carbocycles. The quantitative estimate of drug-likeness (QED) is 0.610. The summed E-state index contributed by atoms with van der Waals surface area (Å²) in [4.78, 5) is 30.9. The molecular formula is C22H22F2N4O2S. The van der Waals surface area contributed by atoms with Crippen LogP contribution in [-0.2, 0) is 9.59 Å². The summed E-state index contributed by atoms with van der Waals surface area (Å²) < 4.78 is 27.3. The maximum atomic E-state index is 13.2. The van der Waals surface area contributed by atoms with Crippen molar-refractivity contribution in [2.75, 3.05) is 31.5 Å². The first kappa shape index (κ1) is 21.3. The molecule has 2 amide bonds. The number of nitrogens with one attached hydrogen (secondary N) is 2. The largest absolute Gasteiger partial charge is 0.346 e. The van der Waals surface area contributed by atoms with E-state index in [1.165, 1.54) is 10.8 Å². The van der Waals surface area contributed by atoms with Crippen LogP contribution in [0, 0.1) is 11.6 Å². The Morgan fingerprint density at radius 3 is 2.58 bits per heavy atom. The fourth-order valence-electron chi connectivity index (χ4n) is 3.62. The molecule has 2 heterocycles. The molecule has 162 valence electrons. The van der Waals surface area contributed by atoms with E-state index >= 15 is 0 Å². The average molecular weight is 445 g/mol. The number of anilines is 1. The Kier molecular flexibility index (Phi) is 6.53. The van der Waals surface area contributed by atoms with Crippen LogP contribution in [0.3, 0.4) is 0 Å². The van der Waals surface area contributed by atoms with Gasteiger partial charge < -0.3 is 10.6 Å². The average Bonchev–Trinajstić information content (AvgIpc) is 3.20. The molecule has 1 aliphatic rings. The summed E-state index contributed by atoms with van der Waals surface area (Å²) in [5.74, 6) is -2.39. The van der Waals surface area contributed by atoms with Crippen molar-refractivity contribution < 1.29 is 18.4 Å². The lowest BCUT2D eigenvalue weighted by molar-refractivity contribution is -0.125. The van der Waals surface area contributed by atoms with Crippen LogP contribution in [0.2, 0.25) is 0 Å². The lowest BCUT2D eigenvalue weighted by Gasteiger charge is -2.30. The molecule has 2 aromatic carbocycles. The molecule has 3 aromatic rings. The molecule has 0 atom stereocenters. The Morgan fingerprint density at radius 2 is 1.84 bits per heavy atom. The Hall–Kier alpha value is -2.91. The Morgan fingerprint density at radius 1 is 1.06 bits per heavy atom. The molecule has 0 unspecified atom stereocenters. The number of hydrogen-bond acceptors (Lipinski definition) is 5. The number of hydrogen-bond donors (Lipinski definition) is 2. The predicted octanol–water partition coefficient (Wildman–Crippen LogP) is 3.51. The van der Waals surface area contributed by atoms with Gasteiger partial charge in [0.15, 0.2) is 11.6 Å². The topological polar surface area (TPSA) is 74.3 Å².